The van der Waals surface area contributed by atoms with Crippen molar-refractivity contribution in [3.05, 3.63) is 51.2 Å². The highest BCUT2D eigenvalue weighted by Gasteiger charge is 2.45. The molecular formula is C26H34N2O5S2. The lowest BCUT2D eigenvalue weighted by Gasteiger charge is -2.45. The van der Waals surface area contributed by atoms with Crippen molar-refractivity contribution in [1.29, 1.82) is 0 Å². The Morgan fingerprint density at radius 3 is 2.49 bits per heavy atom. The van der Waals surface area contributed by atoms with E-state index in [9.17, 15) is 13.8 Å². The topological polar surface area (TPSA) is 84.9 Å². The monoisotopic (exact) mass is 518 g/mol. The number of carbonyl (C=O) groups excluding carboxylic acids is 2. The maximum absolute atomic E-state index is 13.0. The molecular weight excluding hydrogens is 484 g/mol. The number of nitrogens with one attached hydrogen (secondary N) is 1. The molecule has 1 fully saturated rings. The van der Waals surface area contributed by atoms with Crippen LogP contribution in [0.25, 0.3) is 0 Å². The van der Waals surface area contributed by atoms with Gasteiger partial charge >= 0.3 is 6.09 Å². The summed E-state index contributed by atoms with van der Waals surface area (Å²) in [5.74, 6) is -0.110. The maximum atomic E-state index is 13.0. The number of amides is 2. The van der Waals surface area contributed by atoms with Crippen molar-refractivity contribution in [2.75, 3.05) is 19.3 Å². The number of nitrogens with zero attached hydrogens (tertiary/aromatic N) is 1. The van der Waals surface area contributed by atoms with Gasteiger partial charge in [0.15, 0.2) is 0 Å². The van der Waals surface area contributed by atoms with Gasteiger partial charge in [-0.1, -0.05) is 12.1 Å². The van der Waals surface area contributed by atoms with E-state index in [0.717, 1.165) is 21.8 Å². The molecule has 1 saturated heterocycles. The maximum Gasteiger partial charge on any atom is 0.410 e. The van der Waals surface area contributed by atoms with Gasteiger partial charge in [-0.3, -0.25) is 9.00 Å². The Bertz CT molecular complexity index is 1110. The van der Waals surface area contributed by atoms with Crippen LogP contribution >= 0.6 is 11.3 Å². The van der Waals surface area contributed by atoms with E-state index in [1.807, 2.05) is 51.1 Å². The first-order valence-corrected chi connectivity index (χ1v) is 14.3. The lowest BCUT2D eigenvalue weighted by molar-refractivity contribution is -0.129. The fourth-order valence-electron chi connectivity index (χ4n) is 4.66. The molecule has 4 rings (SSSR count). The van der Waals surface area contributed by atoms with Crippen molar-refractivity contribution in [2.45, 2.75) is 75.7 Å². The first-order chi connectivity index (χ1) is 16.5. The third-order valence-electron chi connectivity index (χ3n) is 6.31. The van der Waals surface area contributed by atoms with Gasteiger partial charge in [0.05, 0.1) is 11.0 Å². The Kier molecular flexibility index (Phi) is 7.41. The standard InChI is InChI=1S/C26H34N2O5S2/c1-17-14-19-15-21(23(29)27-16-18-6-8-20(9-7-18)35(5)31)34-22(19)26(32-17)10-12-28(13-11-26)24(30)33-25(2,3)4/h6-9,15,17H,10-14,16H2,1-5H3,(H,27,29)/t17-,35?/m0/s1. The van der Waals surface area contributed by atoms with Crippen molar-refractivity contribution in [2.24, 2.45) is 0 Å². The van der Waals surface area contributed by atoms with Crippen LogP contribution in [0.5, 0.6) is 0 Å². The first-order valence-electron chi connectivity index (χ1n) is 12.0. The molecule has 7 nitrogen and oxygen atoms in total. The molecule has 0 radical (unpaired) electrons. The molecule has 1 spiro atoms. The zero-order valence-electron chi connectivity index (χ0n) is 21.0. The molecule has 1 aromatic carbocycles. The molecule has 0 aliphatic carbocycles. The average molecular weight is 519 g/mol. The number of hydrogen-bond acceptors (Lipinski definition) is 6. The van der Waals surface area contributed by atoms with Crippen molar-refractivity contribution < 1.29 is 23.3 Å². The number of piperidine rings is 1. The quantitative estimate of drug-likeness (QED) is 0.639. The van der Waals surface area contributed by atoms with Gasteiger partial charge in [0, 0.05) is 46.5 Å². The Morgan fingerprint density at radius 2 is 1.89 bits per heavy atom. The zero-order chi connectivity index (χ0) is 25.4. The minimum Gasteiger partial charge on any atom is -0.444 e. The van der Waals surface area contributed by atoms with E-state index >= 15 is 0 Å². The Balaban J connectivity index is 1.44. The van der Waals surface area contributed by atoms with Crippen LogP contribution in [-0.2, 0) is 38.8 Å². The van der Waals surface area contributed by atoms with Crippen LogP contribution in [0.3, 0.4) is 0 Å². The second-order valence-corrected chi connectivity index (χ2v) is 12.8. The number of benzene rings is 1. The summed E-state index contributed by atoms with van der Waals surface area (Å²) in [6, 6.07) is 9.43. The van der Waals surface area contributed by atoms with E-state index in [1.165, 1.54) is 16.9 Å². The number of thiophene rings is 1. The van der Waals surface area contributed by atoms with E-state index in [1.54, 1.807) is 11.2 Å². The summed E-state index contributed by atoms with van der Waals surface area (Å²) in [4.78, 5) is 29.8. The summed E-state index contributed by atoms with van der Waals surface area (Å²) in [6.45, 7) is 9.19. The van der Waals surface area contributed by atoms with Crippen LogP contribution < -0.4 is 5.32 Å². The Morgan fingerprint density at radius 1 is 1.23 bits per heavy atom. The first kappa shape index (κ1) is 25.9. The highest BCUT2D eigenvalue weighted by atomic mass is 32.2. The fraction of sp³-hybridized carbons (Fsp3) is 0.538. The number of likely N-dealkylation sites (tertiary alicyclic amines) is 1. The largest absolute Gasteiger partial charge is 0.444 e. The zero-order valence-corrected chi connectivity index (χ0v) is 22.6. The summed E-state index contributed by atoms with van der Waals surface area (Å²) in [7, 11) is -1.02. The normalized spacial score (nSPS) is 20.3. The number of fused-ring (bicyclic) bond motifs is 2. The number of hydrogen-bond donors (Lipinski definition) is 1. The molecule has 9 heteroatoms. The highest BCUT2D eigenvalue weighted by Crippen LogP contribution is 2.47. The third-order valence-corrected chi connectivity index (χ3v) is 8.61. The molecule has 0 bridgehead atoms. The Labute approximate surface area is 213 Å². The summed E-state index contributed by atoms with van der Waals surface area (Å²) >= 11 is 1.50. The van der Waals surface area contributed by atoms with E-state index in [2.05, 4.69) is 12.2 Å². The molecule has 2 aromatic rings. The van der Waals surface area contributed by atoms with Crippen molar-refractivity contribution in [3.8, 4) is 0 Å². The van der Waals surface area contributed by atoms with Crippen LogP contribution in [0.4, 0.5) is 4.79 Å². The van der Waals surface area contributed by atoms with Crippen LogP contribution in [0.2, 0.25) is 0 Å². The van der Waals surface area contributed by atoms with Crippen LogP contribution in [0, 0.1) is 0 Å². The van der Waals surface area contributed by atoms with E-state index in [0.29, 0.717) is 37.4 Å². The molecule has 190 valence electrons. The van der Waals surface area contributed by atoms with Crippen molar-refractivity contribution in [1.82, 2.24) is 10.2 Å². The van der Waals surface area contributed by atoms with Gasteiger partial charge < -0.3 is 19.7 Å². The van der Waals surface area contributed by atoms with Crippen molar-refractivity contribution in [3.63, 3.8) is 0 Å². The number of rotatable bonds is 4. The number of ether oxygens (including phenoxy) is 2. The SMILES string of the molecule is C[C@H]1Cc2cc(C(=O)NCc3ccc(S(C)=O)cc3)sc2C2(CCN(C(=O)OC(C)(C)C)CC2)O1. The third kappa shape index (κ3) is 5.95. The molecule has 2 atom stereocenters. The molecule has 3 heterocycles. The predicted octanol–water partition coefficient (Wildman–Crippen LogP) is 4.60. The van der Waals surface area contributed by atoms with Gasteiger partial charge in [0.25, 0.3) is 5.91 Å². The van der Waals surface area contributed by atoms with Gasteiger partial charge in [0.1, 0.15) is 11.2 Å². The van der Waals surface area contributed by atoms with Crippen LogP contribution in [-0.4, -0.2) is 52.2 Å². The second kappa shape index (κ2) is 10.0. The van der Waals surface area contributed by atoms with Crippen molar-refractivity contribution >= 4 is 34.1 Å². The lowest BCUT2D eigenvalue weighted by atomic mass is 9.84. The molecule has 2 amide bonds. The van der Waals surface area contributed by atoms with Gasteiger partial charge in [-0.05, 0) is 76.3 Å². The van der Waals surface area contributed by atoms with Gasteiger partial charge in [-0.15, -0.1) is 11.3 Å². The summed E-state index contributed by atoms with van der Waals surface area (Å²) in [5, 5.41) is 3.00. The summed E-state index contributed by atoms with van der Waals surface area (Å²) < 4.78 is 23.6. The smallest absolute Gasteiger partial charge is 0.410 e. The fourth-order valence-corrected chi connectivity index (χ4v) is 6.48. The van der Waals surface area contributed by atoms with Crippen LogP contribution in [0.15, 0.2) is 35.2 Å². The molecule has 1 N–H and O–H groups in total. The van der Waals surface area contributed by atoms with Crippen LogP contribution in [0.1, 0.15) is 66.2 Å². The minimum absolute atomic E-state index is 0.0451. The minimum atomic E-state index is -1.02. The molecule has 1 unspecified atom stereocenters. The van der Waals surface area contributed by atoms with Gasteiger partial charge in [-0.25, -0.2) is 4.79 Å². The second-order valence-electron chi connectivity index (χ2n) is 10.3. The van der Waals surface area contributed by atoms with Gasteiger partial charge in [0.2, 0.25) is 0 Å². The van der Waals surface area contributed by atoms with E-state index in [-0.39, 0.29) is 18.1 Å². The molecule has 35 heavy (non-hydrogen) atoms. The van der Waals surface area contributed by atoms with E-state index < -0.39 is 22.0 Å². The molecule has 1 aromatic heterocycles. The molecule has 0 saturated carbocycles. The highest BCUT2D eigenvalue weighted by molar-refractivity contribution is 7.84. The average Bonchev–Trinajstić information content (AvgIpc) is 3.22. The molecule has 2 aliphatic heterocycles. The van der Waals surface area contributed by atoms with E-state index in [4.69, 9.17) is 9.47 Å². The summed E-state index contributed by atoms with van der Waals surface area (Å²) in [6.07, 6.45) is 3.53. The molecule has 2 aliphatic rings. The lowest BCUT2D eigenvalue weighted by Crippen LogP contribution is -2.50. The Hall–Kier alpha value is -2.23. The number of carbonyl (C=O) groups is 2. The van der Waals surface area contributed by atoms with Gasteiger partial charge in [-0.2, -0.15) is 0 Å². The predicted molar refractivity (Wildman–Crippen MR) is 137 cm³/mol. The summed E-state index contributed by atoms with van der Waals surface area (Å²) in [5.41, 5.74) is 1.12.